The van der Waals surface area contributed by atoms with Crippen molar-refractivity contribution in [1.29, 1.82) is 0 Å². The average Bonchev–Trinajstić information content (AvgIpc) is 2.78. The highest BCUT2D eigenvalue weighted by Gasteiger charge is 2.30. The molecular formula is C23H28N4O2. The van der Waals surface area contributed by atoms with Crippen LogP contribution in [0.1, 0.15) is 67.7 Å². The molecule has 152 valence electrons. The number of fused-ring (bicyclic) bond motifs is 1. The smallest absolute Gasteiger partial charge is 0.230 e. The Morgan fingerprint density at radius 2 is 1.93 bits per heavy atom. The maximum absolute atomic E-state index is 13.0. The summed E-state index contributed by atoms with van der Waals surface area (Å²) in [5, 5.41) is 0. The molecule has 0 spiro atoms. The van der Waals surface area contributed by atoms with Crippen LogP contribution in [0.2, 0.25) is 0 Å². The summed E-state index contributed by atoms with van der Waals surface area (Å²) in [5.41, 5.74) is 3.07. The normalized spacial score (nSPS) is 20.1. The molecule has 0 aliphatic carbocycles. The Bertz CT molecular complexity index is 899. The minimum Gasteiger partial charge on any atom is -0.337 e. The standard InChI is InChI=1S/C23H28N4O2/c1-16(18-8-4-3-5-9-18)23(29)26-13-11-20-19(15-26)14-24-22(25-20)21-10-6-7-12-27(21)17(2)28/h3-5,8-9,14,16,21H,6-7,10-13,15H2,1-2H3/t16-,21-/m0/s1. The Balaban J connectivity index is 1.49. The third kappa shape index (κ3) is 4.02. The zero-order chi connectivity index (χ0) is 20.4. The number of carbonyl (C=O) groups is 2. The van der Waals surface area contributed by atoms with Crippen molar-refractivity contribution < 1.29 is 9.59 Å². The van der Waals surface area contributed by atoms with Gasteiger partial charge in [0.1, 0.15) is 0 Å². The van der Waals surface area contributed by atoms with Gasteiger partial charge in [-0.2, -0.15) is 0 Å². The topological polar surface area (TPSA) is 66.4 Å². The van der Waals surface area contributed by atoms with Gasteiger partial charge in [0.2, 0.25) is 11.8 Å². The molecule has 0 unspecified atom stereocenters. The zero-order valence-corrected chi connectivity index (χ0v) is 17.2. The first-order valence-electron chi connectivity index (χ1n) is 10.5. The molecule has 3 heterocycles. The molecule has 0 N–H and O–H groups in total. The van der Waals surface area contributed by atoms with Gasteiger partial charge in [-0.25, -0.2) is 9.97 Å². The summed E-state index contributed by atoms with van der Waals surface area (Å²) in [6, 6.07) is 9.88. The summed E-state index contributed by atoms with van der Waals surface area (Å²) in [5.74, 6) is 0.809. The number of rotatable bonds is 3. The molecule has 1 saturated heterocycles. The lowest BCUT2D eigenvalue weighted by Gasteiger charge is -2.35. The van der Waals surface area contributed by atoms with E-state index in [-0.39, 0.29) is 23.8 Å². The predicted molar refractivity (Wildman–Crippen MR) is 110 cm³/mol. The minimum absolute atomic E-state index is 0.0238. The lowest BCUT2D eigenvalue weighted by Crippen LogP contribution is -2.40. The van der Waals surface area contributed by atoms with E-state index in [0.29, 0.717) is 13.1 Å². The number of amides is 2. The Morgan fingerprint density at radius 1 is 1.14 bits per heavy atom. The number of piperidine rings is 1. The van der Waals surface area contributed by atoms with Gasteiger partial charge in [0.15, 0.2) is 5.82 Å². The third-order valence-electron chi connectivity index (χ3n) is 6.14. The molecule has 2 aliphatic rings. The van der Waals surface area contributed by atoms with Gasteiger partial charge < -0.3 is 9.80 Å². The van der Waals surface area contributed by atoms with E-state index in [4.69, 9.17) is 4.98 Å². The van der Waals surface area contributed by atoms with Crippen molar-refractivity contribution in [2.24, 2.45) is 0 Å². The van der Waals surface area contributed by atoms with E-state index in [0.717, 1.165) is 54.9 Å². The first-order valence-corrected chi connectivity index (χ1v) is 10.5. The molecule has 2 amide bonds. The van der Waals surface area contributed by atoms with E-state index in [2.05, 4.69) is 4.98 Å². The molecule has 2 atom stereocenters. The fourth-order valence-electron chi connectivity index (χ4n) is 4.42. The van der Waals surface area contributed by atoms with Crippen LogP contribution in [0, 0.1) is 0 Å². The summed E-state index contributed by atoms with van der Waals surface area (Å²) in [7, 11) is 0. The van der Waals surface area contributed by atoms with Gasteiger partial charge in [0.25, 0.3) is 0 Å². The molecule has 1 aromatic heterocycles. The van der Waals surface area contributed by atoms with Gasteiger partial charge in [-0.05, 0) is 31.7 Å². The SMILES string of the molecule is CC(=O)N1CCCC[C@H]1c1ncc2c(n1)CCN(C(=O)[C@@H](C)c1ccccc1)C2. The van der Waals surface area contributed by atoms with Gasteiger partial charge in [-0.1, -0.05) is 30.3 Å². The average molecular weight is 393 g/mol. The molecule has 0 radical (unpaired) electrons. The summed E-state index contributed by atoms with van der Waals surface area (Å²) < 4.78 is 0. The number of likely N-dealkylation sites (tertiary alicyclic amines) is 1. The zero-order valence-electron chi connectivity index (χ0n) is 17.2. The van der Waals surface area contributed by atoms with Crippen molar-refractivity contribution in [2.45, 2.75) is 58.0 Å². The molecule has 2 aliphatic heterocycles. The fourth-order valence-corrected chi connectivity index (χ4v) is 4.42. The Hall–Kier alpha value is -2.76. The first-order chi connectivity index (χ1) is 14.0. The highest BCUT2D eigenvalue weighted by Crippen LogP contribution is 2.30. The van der Waals surface area contributed by atoms with Gasteiger partial charge >= 0.3 is 0 Å². The van der Waals surface area contributed by atoms with Gasteiger partial charge in [0, 0.05) is 44.7 Å². The molecular weight excluding hydrogens is 364 g/mol. The van der Waals surface area contributed by atoms with Crippen molar-refractivity contribution in [3.05, 3.63) is 59.2 Å². The predicted octanol–water partition coefficient (Wildman–Crippen LogP) is 3.24. The lowest BCUT2D eigenvalue weighted by molar-refractivity contribution is -0.134. The second-order valence-corrected chi connectivity index (χ2v) is 8.07. The summed E-state index contributed by atoms with van der Waals surface area (Å²) in [6.07, 6.45) is 5.63. The number of nitrogens with zero attached hydrogens (tertiary/aromatic N) is 4. The summed E-state index contributed by atoms with van der Waals surface area (Å²) in [4.78, 5) is 38.2. The number of benzene rings is 1. The van der Waals surface area contributed by atoms with Crippen LogP contribution < -0.4 is 0 Å². The van der Waals surface area contributed by atoms with E-state index in [9.17, 15) is 9.59 Å². The fraction of sp³-hybridized carbons (Fsp3) is 0.478. The van der Waals surface area contributed by atoms with Crippen molar-refractivity contribution in [3.63, 3.8) is 0 Å². The Kier molecular flexibility index (Phi) is 5.60. The highest BCUT2D eigenvalue weighted by molar-refractivity contribution is 5.83. The van der Waals surface area contributed by atoms with Crippen LogP contribution in [0.5, 0.6) is 0 Å². The van der Waals surface area contributed by atoms with Crippen LogP contribution in [0.3, 0.4) is 0 Å². The number of carbonyl (C=O) groups excluding carboxylic acids is 2. The van der Waals surface area contributed by atoms with E-state index in [1.165, 1.54) is 0 Å². The van der Waals surface area contributed by atoms with Crippen molar-refractivity contribution >= 4 is 11.8 Å². The molecule has 4 rings (SSSR count). The van der Waals surface area contributed by atoms with E-state index in [1.807, 2.05) is 53.3 Å². The van der Waals surface area contributed by atoms with Gasteiger partial charge in [-0.3, -0.25) is 9.59 Å². The monoisotopic (exact) mass is 392 g/mol. The number of aromatic nitrogens is 2. The largest absolute Gasteiger partial charge is 0.337 e. The second-order valence-electron chi connectivity index (χ2n) is 8.07. The van der Waals surface area contributed by atoms with Gasteiger partial charge in [0.05, 0.1) is 17.7 Å². The van der Waals surface area contributed by atoms with Crippen LogP contribution in [0.4, 0.5) is 0 Å². The van der Waals surface area contributed by atoms with Crippen LogP contribution in [-0.4, -0.2) is 44.7 Å². The third-order valence-corrected chi connectivity index (χ3v) is 6.14. The van der Waals surface area contributed by atoms with Crippen LogP contribution in [0.15, 0.2) is 36.5 Å². The Labute approximate surface area is 172 Å². The van der Waals surface area contributed by atoms with Crippen molar-refractivity contribution in [1.82, 2.24) is 19.8 Å². The van der Waals surface area contributed by atoms with Crippen LogP contribution >= 0.6 is 0 Å². The molecule has 6 heteroatoms. The highest BCUT2D eigenvalue weighted by atomic mass is 16.2. The lowest BCUT2D eigenvalue weighted by atomic mass is 9.97. The molecule has 1 fully saturated rings. The van der Waals surface area contributed by atoms with Crippen molar-refractivity contribution in [2.75, 3.05) is 13.1 Å². The van der Waals surface area contributed by atoms with Crippen molar-refractivity contribution in [3.8, 4) is 0 Å². The molecule has 1 aromatic carbocycles. The molecule has 6 nitrogen and oxygen atoms in total. The quantitative estimate of drug-likeness (QED) is 0.804. The summed E-state index contributed by atoms with van der Waals surface area (Å²) in [6.45, 7) is 5.58. The van der Waals surface area contributed by atoms with Crippen LogP contribution in [0.25, 0.3) is 0 Å². The van der Waals surface area contributed by atoms with Gasteiger partial charge in [-0.15, -0.1) is 0 Å². The minimum atomic E-state index is -0.163. The summed E-state index contributed by atoms with van der Waals surface area (Å²) >= 11 is 0. The first kappa shape index (κ1) is 19.6. The molecule has 2 aromatic rings. The van der Waals surface area contributed by atoms with Crippen LogP contribution in [-0.2, 0) is 22.6 Å². The Morgan fingerprint density at radius 3 is 2.69 bits per heavy atom. The maximum Gasteiger partial charge on any atom is 0.230 e. The second kappa shape index (κ2) is 8.31. The van der Waals surface area contributed by atoms with E-state index >= 15 is 0 Å². The molecule has 0 bridgehead atoms. The molecule has 0 saturated carbocycles. The maximum atomic E-state index is 13.0. The molecule has 29 heavy (non-hydrogen) atoms. The van der Waals surface area contributed by atoms with E-state index < -0.39 is 0 Å². The number of hydrogen-bond donors (Lipinski definition) is 0. The number of hydrogen-bond acceptors (Lipinski definition) is 4. The van der Waals surface area contributed by atoms with E-state index in [1.54, 1.807) is 6.92 Å².